The van der Waals surface area contributed by atoms with E-state index in [0.29, 0.717) is 18.3 Å². The summed E-state index contributed by atoms with van der Waals surface area (Å²) in [6.45, 7) is 4.76. The number of ketones is 1. The topological polar surface area (TPSA) is 44.1 Å². The number of aromatic nitrogens is 2. The summed E-state index contributed by atoms with van der Waals surface area (Å²) in [5, 5.41) is 0. The molecule has 18 heavy (non-hydrogen) atoms. The van der Waals surface area contributed by atoms with Crippen molar-refractivity contribution in [1.82, 2.24) is 9.55 Å². The molecule has 100 valence electrons. The maximum Gasteiger partial charge on any atom is 0.229 e. The summed E-state index contributed by atoms with van der Waals surface area (Å²) in [6.07, 6.45) is 7.20. The standard InChI is InChI=1S/C14H22N2O2/c1-4-18-14(7-5-11(2)6-8-14)12(17)13-15-9-10-16(13)3/h9-11H,4-8H2,1-3H3. The van der Waals surface area contributed by atoms with E-state index < -0.39 is 5.60 Å². The molecule has 0 bridgehead atoms. The molecule has 0 amide bonds. The van der Waals surface area contributed by atoms with Crippen LogP contribution in [0.25, 0.3) is 0 Å². The van der Waals surface area contributed by atoms with Crippen molar-refractivity contribution in [3.8, 4) is 0 Å². The van der Waals surface area contributed by atoms with Gasteiger partial charge >= 0.3 is 0 Å². The Morgan fingerprint density at radius 2 is 2.22 bits per heavy atom. The molecule has 1 heterocycles. The Morgan fingerprint density at radius 3 is 2.72 bits per heavy atom. The fraction of sp³-hybridized carbons (Fsp3) is 0.714. The van der Waals surface area contributed by atoms with E-state index in [1.807, 2.05) is 14.0 Å². The normalized spacial score (nSPS) is 28.3. The van der Waals surface area contributed by atoms with Gasteiger partial charge in [-0.15, -0.1) is 0 Å². The van der Waals surface area contributed by atoms with E-state index in [4.69, 9.17) is 4.74 Å². The van der Waals surface area contributed by atoms with E-state index in [0.717, 1.165) is 25.7 Å². The number of carbonyl (C=O) groups excluding carboxylic acids is 1. The first-order valence-electron chi connectivity index (χ1n) is 6.75. The summed E-state index contributed by atoms with van der Waals surface area (Å²) in [6, 6.07) is 0. The number of aryl methyl sites for hydroxylation is 1. The SMILES string of the molecule is CCOC1(C(=O)c2nccn2C)CCC(C)CC1. The minimum absolute atomic E-state index is 0.0451. The van der Waals surface area contributed by atoms with Crippen LogP contribution in [0, 0.1) is 5.92 Å². The van der Waals surface area contributed by atoms with Gasteiger partial charge in [0, 0.05) is 26.0 Å². The molecular formula is C14H22N2O2. The Balaban J connectivity index is 2.25. The minimum atomic E-state index is -0.639. The van der Waals surface area contributed by atoms with Crippen molar-refractivity contribution in [1.29, 1.82) is 0 Å². The zero-order chi connectivity index (χ0) is 13.2. The van der Waals surface area contributed by atoms with E-state index in [9.17, 15) is 4.79 Å². The molecule has 0 N–H and O–H groups in total. The van der Waals surface area contributed by atoms with Crippen molar-refractivity contribution in [3.05, 3.63) is 18.2 Å². The summed E-state index contributed by atoms with van der Waals surface area (Å²) in [5.41, 5.74) is -0.639. The van der Waals surface area contributed by atoms with Crippen molar-refractivity contribution in [2.45, 2.75) is 45.1 Å². The zero-order valence-corrected chi connectivity index (χ0v) is 11.5. The molecule has 4 heteroatoms. The zero-order valence-electron chi connectivity index (χ0n) is 11.5. The van der Waals surface area contributed by atoms with Gasteiger partial charge in [-0.05, 0) is 38.5 Å². The number of hydrogen-bond acceptors (Lipinski definition) is 3. The van der Waals surface area contributed by atoms with Gasteiger partial charge in [-0.2, -0.15) is 0 Å². The lowest BCUT2D eigenvalue weighted by molar-refractivity contribution is -0.0481. The van der Waals surface area contributed by atoms with Crippen molar-refractivity contribution in [2.24, 2.45) is 13.0 Å². The smallest absolute Gasteiger partial charge is 0.229 e. The molecule has 0 spiro atoms. The van der Waals surface area contributed by atoms with Gasteiger partial charge in [-0.25, -0.2) is 4.98 Å². The van der Waals surface area contributed by atoms with E-state index in [2.05, 4.69) is 11.9 Å². The van der Waals surface area contributed by atoms with Gasteiger partial charge in [0.05, 0.1) is 0 Å². The Labute approximate surface area is 108 Å². The first-order chi connectivity index (χ1) is 8.59. The van der Waals surface area contributed by atoms with Crippen LogP contribution in [0.4, 0.5) is 0 Å². The lowest BCUT2D eigenvalue weighted by atomic mass is 9.76. The average molecular weight is 250 g/mol. The molecule has 1 fully saturated rings. The third-order valence-electron chi connectivity index (χ3n) is 3.94. The largest absolute Gasteiger partial charge is 0.367 e. The molecule has 1 aromatic heterocycles. The number of imidazole rings is 1. The summed E-state index contributed by atoms with van der Waals surface area (Å²) >= 11 is 0. The quantitative estimate of drug-likeness (QED) is 0.771. The molecule has 0 radical (unpaired) electrons. The molecule has 0 aromatic carbocycles. The number of ether oxygens (including phenoxy) is 1. The third kappa shape index (κ3) is 2.34. The monoisotopic (exact) mass is 250 g/mol. The van der Waals surface area contributed by atoms with E-state index in [1.54, 1.807) is 17.0 Å². The van der Waals surface area contributed by atoms with Crippen LogP contribution in [-0.4, -0.2) is 27.5 Å². The molecule has 1 saturated carbocycles. The average Bonchev–Trinajstić information content (AvgIpc) is 2.78. The van der Waals surface area contributed by atoms with Crippen LogP contribution in [0.2, 0.25) is 0 Å². The lowest BCUT2D eigenvalue weighted by Crippen LogP contribution is -2.45. The van der Waals surface area contributed by atoms with Crippen molar-refractivity contribution in [3.63, 3.8) is 0 Å². The van der Waals surface area contributed by atoms with E-state index in [1.165, 1.54) is 0 Å². The number of nitrogens with zero attached hydrogens (tertiary/aromatic N) is 2. The van der Waals surface area contributed by atoms with Crippen LogP contribution >= 0.6 is 0 Å². The molecule has 0 saturated heterocycles. The summed E-state index contributed by atoms with van der Waals surface area (Å²) in [4.78, 5) is 16.9. The second-order valence-electron chi connectivity index (χ2n) is 5.30. The second kappa shape index (κ2) is 5.22. The highest BCUT2D eigenvalue weighted by molar-refractivity contribution is 5.99. The van der Waals surface area contributed by atoms with Gasteiger partial charge in [-0.1, -0.05) is 6.92 Å². The summed E-state index contributed by atoms with van der Waals surface area (Å²) in [7, 11) is 1.85. The van der Waals surface area contributed by atoms with Gasteiger partial charge in [0.25, 0.3) is 0 Å². The van der Waals surface area contributed by atoms with Gasteiger partial charge in [0.2, 0.25) is 5.78 Å². The van der Waals surface area contributed by atoms with Crippen LogP contribution in [-0.2, 0) is 11.8 Å². The Kier molecular flexibility index (Phi) is 3.85. The van der Waals surface area contributed by atoms with Crippen LogP contribution in [0.3, 0.4) is 0 Å². The summed E-state index contributed by atoms with van der Waals surface area (Å²) in [5.74, 6) is 1.24. The van der Waals surface area contributed by atoms with Crippen LogP contribution in [0.1, 0.15) is 50.1 Å². The Bertz CT molecular complexity index is 417. The molecule has 2 rings (SSSR count). The number of carbonyl (C=O) groups is 1. The van der Waals surface area contributed by atoms with Crippen LogP contribution in [0.15, 0.2) is 12.4 Å². The maximum absolute atomic E-state index is 12.7. The van der Waals surface area contributed by atoms with E-state index in [-0.39, 0.29) is 5.78 Å². The summed E-state index contributed by atoms with van der Waals surface area (Å²) < 4.78 is 7.64. The van der Waals surface area contributed by atoms with Crippen LogP contribution in [0.5, 0.6) is 0 Å². The molecular weight excluding hydrogens is 228 g/mol. The first-order valence-corrected chi connectivity index (χ1v) is 6.75. The molecule has 1 aliphatic carbocycles. The molecule has 4 nitrogen and oxygen atoms in total. The Morgan fingerprint density at radius 1 is 1.56 bits per heavy atom. The lowest BCUT2D eigenvalue weighted by Gasteiger charge is -2.37. The van der Waals surface area contributed by atoms with Crippen molar-refractivity contribution in [2.75, 3.05) is 6.61 Å². The van der Waals surface area contributed by atoms with Gasteiger partial charge < -0.3 is 9.30 Å². The number of rotatable bonds is 4. The molecule has 1 aromatic rings. The van der Waals surface area contributed by atoms with Gasteiger partial charge in [-0.3, -0.25) is 4.79 Å². The predicted octanol–water partition coefficient (Wildman–Crippen LogP) is 2.59. The van der Waals surface area contributed by atoms with Crippen molar-refractivity contribution < 1.29 is 9.53 Å². The molecule has 1 aliphatic rings. The molecule has 0 atom stereocenters. The predicted molar refractivity (Wildman–Crippen MR) is 69.5 cm³/mol. The highest BCUT2D eigenvalue weighted by atomic mass is 16.5. The number of Topliss-reactive ketones (excluding diaryl/α,β-unsaturated/α-hetero) is 1. The highest BCUT2D eigenvalue weighted by Gasteiger charge is 2.43. The third-order valence-corrected chi connectivity index (χ3v) is 3.94. The van der Waals surface area contributed by atoms with Crippen molar-refractivity contribution >= 4 is 5.78 Å². The van der Waals surface area contributed by atoms with Gasteiger partial charge in [0.1, 0.15) is 5.60 Å². The fourth-order valence-corrected chi connectivity index (χ4v) is 2.73. The molecule has 0 aliphatic heterocycles. The first kappa shape index (κ1) is 13.3. The minimum Gasteiger partial charge on any atom is -0.367 e. The maximum atomic E-state index is 12.7. The number of hydrogen-bond donors (Lipinski definition) is 0. The van der Waals surface area contributed by atoms with E-state index >= 15 is 0 Å². The second-order valence-corrected chi connectivity index (χ2v) is 5.30. The molecule has 0 unspecified atom stereocenters. The van der Waals surface area contributed by atoms with Gasteiger partial charge in [0.15, 0.2) is 5.82 Å². The van der Waals surface area contributed by atoms with Crippen LogP contribution < -0.4 is 0 Å². The highest BCUT2D eigenvalue weighted by Crippen LogP contribution is 2.36. The fourth-order valence-electron chi connectivity index (χ4n) is 2.73. The Hall–Kier alpha value is -1.16.